The lowest BCUT2D eigenvalue weighted by Gasteiger charge is -2.38. The van der Waals surface area contributed by atoms with Crippen molar-refractivity contribution in [2.24, 2.45) is 0 Å². The van der Waals surface area contributed by atoms with Crippen molar-refractivity contribution in [2.45, 2.75) is 25.9 Å². The Morgan fingerprint density at radius 2 is 1.68 bits per heavy atom. The zero-order valence-electron chi connectivity index (χ0n) is 15.1. The Morgan fingerprint density at radius 3 is 2.24 bits per heavy atom. The highest BCUT2D eigenvalue weighted by molar-refractivity contribution is 6.35. The highest BCUT2D eigenvalue weighted by Crippen LogP contribution is 2.22. The van der Waals surface area contributed by atoms with Crippen LogP contribution in [0.5, 0.6) is 0 Å². The molecule has 1 heterocycles. The molecule has 2 amide bonds. The van der Waals surface area contributed by atoms with Gasteiger partial charge in [-0.05, 0) is 38.6 Å². The summed E-state index contributed by atoms with van der Waals surface area (Å²) in [5.74, 6) is -1.57. The van der Waals surface area contributed by atoms with Crippen molar-refractivity contribution in [3.05, 3.63) is 35.6 Å². The molecule has 0 saturated carbocycles. The summed E-state index contributed by atoms with van der Waals surface area (Å²) in [6.45, 7) is 7.48. The molecule has 0 aromatic heterocycles. The lowest BCUT2D eigenvalue weighted by Crippen LogP contribution is -2.50. The van der Waals surface area contributed by atoms with Crippen LogP contribution < -0.4 is 10.6 Å². The molecule has 1 fully saturated rings. The summed E-state index contributed by atoms with van der Waals surface area (Å²) >= 11 is 0. The lowest BCUT2D eigenvalue weighted by molar-refractivity contribution is -0.139. The molecule has 0 bridgehead atoms. The molecule has 25 heavy (non-hydrogen) atoms. The maximum Gasteiger partial charge on any atom is 0.309 e. The molecule has 1 aliphatic rings. The number of likely N-dealkylation sites (N-methyl/N-ethyl adjacent to an activating group) is 1. The number of benzene rings is 1. The number of carbonyl (C=O) groups is 2. The van der Waals surface area contributed by atoms with Crippen molar-refractivity contribution >= 4 is 11.8 Å². The molecular weight excluding hydrogens is 323 g/mol. The van der Waals surface area contributed by atoms with Crippen LogP contribution in [0.2, 0.25) is 0 Å². The molecule has 6 nitrogen and oxygen atoms in total. The maximum absolute atomic E-state index is 13.2. The largest absolute Gasteiger partial charge is 0.346 e. The van der Waals surface area contributed by atoms with Crippen LogP contribution in [0.3, 0.4) is 0 Å². The van der Waals surface area contributed by atoms with Gasteiger partial charge < -0.3 is 15.5 Å². The highest BCUT2D eigenvalue weighted by atomic mass is 19.1. The molecule has 1 aliphatic heterocycles. The number of nitrogens with zero attached hydrogens (tertiary/aromatic N) is 2. The van der Waals surface area contributed by atoms with Crippen molar-refractivity contribution in [3.8, 4) is 0 Å². The Labute approximate surface area is 148 Å². The quantitative estimate of drug-likeness (QED) is 0.770. The van der Waals surface area contributed by atoms with Gasteiger partial charge in [0.1, 0.15) is 5.82 Å². The fraction of sp³-hybridized carbons (Fsp3) is 0.556. The number of hydrogen-bond acceptors (Lipinski definition) is 4. The van der Waals surface area contributed by atoms with E-state index in [4.69, 9.17) is 0 Å². The molecular formula is C18H27FN4O2. The van der Waals surface area contributed by atoms with Crippen LogP contribution in [0.15, 0.2) is 24.3 Å². The maximum atomic E-state index is 13.2. The third-order valence-corrected chi connectivity index (χ3v) is 4.32. The predicted molar refractivity (Wildman–Crippen MR) is 94.5 cm³/mol. The van der Waals surface area contributed by atoms with E-state index in [9.17, 15) is 14.0 Å². The molecule has 2 N–H and O–H groups in total. The van der Waals surface area contributed by atoms with E-state index in [1.165, 1.54) is 12.1 Å². The number of piperazine rings is 1. The van der Waals surface area contributed by atoms with Gasteiger partial charge in [0.15, 0.2) is 0 Å². The fourth-order valence-electron chi connectivity index (χ4n) is 2.87. The minimum absolute atomic E-state index is 0.0925. The Bertz CT molecular complexity index is 583. The van der Waals surface area contributed by atoms with Gasteiger partial charge in [0.05, 0.1) is 6.04 Å². The second-order valence-corrected chi connectivity index (χ2v) is 6.74. The van der Waals surface area contributed by atoms with Gasteiger partial charge in [0.25, 0.3) is 0 Å². The van der Waals surface area contributed by atoms with E-state index in [1.54, 1.807) is 26.0 Å². The van der Waals surface area contributed by atoms with Gasteiger partial charge in [-0.2, -0.15) is 0 Å². The predicted octanol–water partition coefficient (Wildman–Crippen LogP) is 0.755. The van der Waals surface area contributed by atoms with Crippen LogP contribution in [0, 0.1) is 5.82 Å². The third-order valence-electron chi connectivity index (χ3n) is 4.32. The van der Waals surface area contributed by atoms with Crippen LogP contribution in [-0.4, -0.2) is 67.4 Å². The number of amides is 2. The van der Waals surface area contributed by atoms with Gasteiger partial charge >= 0.3 is 11.8 Å². The zero-order chi connectivity index (χ0) is 18.4. The number of nitrogens with one attached hydrogen (secondary N) is 2. The molecule has 1 aromatic carbocycles. The third kappa shape index (κ3) is 5.79. The standard InChI is InChI=1S/C18H27FN4O2/c1-13(2)21-18(25)17(24)20-12-16(14-4-6-15(19)7-5-14)23-10-8-22(3)9-11-23/h4-7,13,16H,8-12H2,1-3H3,(H,20,24)(H,21,25)/t16-/m1/s1. The van der Waals surface area contributed by atoms with Crippen LogP contribution >= 0.6 is 0 Å². The first-order chi connectivity index (χ1) is 11.9. The first-order valence-corrected chi connectivity index (χ1v) is 8.63. The van der Waals surface area contributed by atoms with Gasteiger partial charge in [-0.15, -0.1) is 0 Å². The minimum atomic E-state index is -0.644. The van der Waals surface area contributed by atoms with Crippen molar-refractivity contribution in [1.82, 2.24) is 20.4 Å². The van der Waals surface area contributed by atoms with E-state index in [1.807, 2.05) is 0 Å². The van der Waals surface area contributed by atoms with E-state index in [0.717, 1.165) is 31.7 Å². The first-order valence-electron chi connectivity index (χ1n) is 8.63. The second-order valence-electron chi connectivity index (χ2n) is 6.74. The molecule has 2 rings (SSSR count). The van der Waals surface area contributed by atoms with E-state index in [0.29, 0.717) is 6.54 Å². The topological polar surface area (TPSA) is 64.7 Å². The molecule has 138 valence electrons. The average Bonchev–Trinajstić information content (AvgIpc) is 2.57. The van der Waals surface area contributed by atoms with Gasteiger partial charge in [-0.1, -0.05) is 12.1 Å². The van der Waals surface area contributed by atoms with Crippen molar-refractivity contribution < 1.29 is 14.0 Å². The number of rotatable bonds is 5. The smallest absolute Gasteiger partial charge is 0.309 e. The second kappa shape index (κ2) is 8.92. The summed E-state index contributed by atoms with van der Waals surface area (Å²) in [6.07, 6.45) is 0. The number of hydrogen-bond donors (Lipinski definition) is 2. The van der Waals surface area contributed by atoms with Gasteiger partial charge in [0, 0.05) is 38.8 Å². The van der Waals surface area contributed by atoms with Crippen LogP contribution in [0.4, 0.5) is 4.39 Å². The summed E-state index contributed by atoms with van der Waals surface area (Å²) in [6, 6.07) is 6.13. The summed E-state index contributed by atoms with van der Waals surface area (Å²) in [4.78, 5) is 28.3. The van der Waals surface area contributed by atoms with Crippen molar-refractivity contribution in [3.63, 3.8) is 0 Å². The van der Waals surface area contributed by atoms with Crippen LogP contribution in [0.1, 0.15) is 25.5 Å². The number of carbonyl (C=O) groups excluding carboxylic acids is 2. The molecule has 1 aromatic rings. The van der Waals surface area contributed by atoms with E-state index in [-0.39, 0.29) is 17.9 Å². The van der Waals surface area contributed by atoms with Gasteiger partial charge in [-0.3, -0.25) is 14.5 Å². The Morgan fingerprint density at radius 1 is 1.08 bits per heavy atom. The number of halogens is 1. The van der Waals surface area contributed by atoms with Gasteiger partial charge in [0.2, 0.25) is 0 Å². The normalized spacial score (nSPS) is 17.3. The SMILES string of the molecule is CC(C)NC(=O)C(=O)NC[C@H](c1ccc(F)cc1)N1CCN(C)CC1. The average molecular weight is 350 g/mol. The van der Waals surface area contributed by atoms with Gasteiger partial charge in [-0.25, -0.2) is 4.39 Å². The highest BCUT2D eigenvalue weighted by Gasteiger charge is 2.25. The van der Waals surface area contributed by atoms with Crippen molar-refractivity contribution in [1.29, 1.82) is 0 Å². The summed E-state index contributed by atoms with van der Waals surface area (Å²) in [5, 5.41) is 5.29. The molecule has 0 radical (unpaired) electrons. The Kier molecular flexibility index (Phi) is 6.90. The first kappa shape index (κ1) is 19.3. The van der Waals surface area contributed by atoms with E-state index >= 15 is 0 Å². The Hall–Kier alpha value is -1.99. The summed E-state index contributed by atoms with van der Waals surface area (Å²) < 4.78 is 13.2. The van der Waals surface area contributed by atoms with E-state index in [2.05, 4.69) is 27.5 Å². The summed E-state index contributed by atoms with van der Waals surface area (Å²) in [5.41, 5.74) is 0.926. The van der Waals surface area contributed by atoms with Crippen molar-refractivity contribution in [2.75, 3.05) is 39.8 Å². The van der Waals surface area contributed by atoms with E-state index < -0.39 is 11.8 Å². The Balaban J connectivity index is 2.05. The lowest BCUT2D eigenvalue weighted by atomic mass is 10.0. The summed E-state index contributed by atoms with van der Waals surface area (Å²) in [7, 11) is 2.07. The zero-order valence-corrected chi connectivity index (χ0v) is 15.1. The van der Waals surface area contributed by atoms with Crippen LogP contribution in [0.25, 0.3) is 0 Å². The molecule has 7 heteroatoms. The molecule has 0 unspecified atom stereocenters. The fourth-order valence-corrected chi connectivity index (χ4v) is 2.87. The minimum Gasteiger partial charge on any atom is -0.346 e. The molecule has 0 aliphatic carbocycles. The monoisotopic (exact) mass is 350 g/mol. The molecule has 1 atom stereocenters. The molecule has 1 saturated heterocycles. The molecule has 0 spiro atoms. The van der Waals surface area contributed by atoms with Crippen LogP contribution in [-0.2, 0) is 9.59 Å².